The van der Waals surface area contributed by atoms with Crippen LogP contribution < -0.4 is 71.8 Å². The summed E-state index contributed by atoms with van der Waals surface area (Å²) in [4.78, 5) is 0. The molecule has 0 radical (unpaired) electrons. The Morgan fingerprint density at radius 1 is 0.186 bits per heavy atom. The minimum absolute atomic E-state index is 0.493. The SMILES string of the molecule is C[NH2+]C.C[NH2+]C.C[NH2+]C.c1ccc2c3c4c(cc2c1)O[B-]1(Oc2cc5ccccc5c(c2O1)-c1ccc(cc1)-c1c2c(cc5ccccc15)O[B-]1(Oc5cc6ccccc6c(c5O1)-c1ccc(cc1)-c1c5c(cc6ccccc16)O[B-]1(Oc6cc7ccccc7c(c6O1)-c1ccc-3cc1)O5)O2)O4. The van der Waals surface area contributed by atoms with Gasteiger partial charge in [-0.2, -0.15) is 0 Å². The van der Waals surface area contributed by atoms with Gasteiger partial charge in [0.2, 0.25) is 0 Å². The Balaban J connectivity index is 0.000000764. The summed E-state index contributed by atoms with van der Waals surface area (Å²) >= 11 is 0. The van der Waals surface area contributed by atoms with Gasteiger partial charge in [-0.3, -0.25) is 0 Å². The summed E-state index contributed by atoms with van der Waals surface area (Å²) in [6, 6.07) is 86.5. The quantitative estimate of drug-likeness (QED) is 0.124. The van der Waals surface area contributed by atoms with Crippen molar-refractivity contribution in [3.05, 3.63) is 255 Å². The minimum Gasteiger partial charge on any atom is -0.609 e. The second-order valence-electron chi connectivity index (χ2n) is 26.4. The second kappa shape index (κ2) is 23.3. The first-order valence-electron chi connectivity index (χ1n) is 34.6. The van der Waals surface area contributed by atoms with E-state index in [9.17, 15) is 0 Å². The van der Waals surface area contributed by atoms with Crippen molar-refractivity contribution in [1.82, 2.24) is 0 Å². The lowest BCUT2D eigenvalue weighted by Crippen LogP contribution is -2.74. The molecule has 15 aromatic rings. The molecule has 15 nitrogen and oxygen atoms in total. The maximum absolute atomic E-state index is 7.06. The molecule has 0 saturated heterocycles. The van der Waals surface area contributed by atoms with Gasteiger partial charge in [0, 0.05) is 33.4 Å². The van der Waals surface area contributed by atoms with Gasteiger partial charge in [0.25, 0.3) is 0 Å². The number of hydrogen-bond acceptors (Lipinski definition) is 12. The minimum atomic E-state index is -2.93. The number of nitrogens with two attached hydrogens (primary N) is 3. The van der Waals surface area contributed by atoms with Crippen LogP contribution in [0.2, 0.25) is 0 Å². The molecule has 15 aromatic carbocycles. The Kier molecular flexibility index (Phi) is 13.9. The van der Waals surface area contributed by atoms with Crippen molar-refractivity contribution in [1.29, 1.82) is 0 Å². The highest BCUT2D eigenvalue weighted by molar-refractivity contribution is 6.61. The van der Waals surface area contributed by atoms with Gasteiger partial charge in [-0.05, 0) is 134 Å². The molecule has 0 unspecified atom stereocenters. The van der Waals surface area contributed by atoms with E-state index in [1.165, 1.54) is 0 Å². The summed E-state index contributed by atoms with van der Waals surface area (Å²) in [5.41, 5.74) is 10.2. The third kappa shape index (κ3) is 9.44. The van der Waals surface area contributed by atoms with Gasteiger partial charge in [0.15, 0.2) is 0 Å². The van der Waals surface area contributed by atoms with E-state index in [1.807, 2.05) is 167 Å². The second-order valence-corrected chi connectivity index (χ2v) is 26.4. The van der Waals surface area contributed by atoms with E-state index in [2.05, 4.69) is 146 Å². The van der Waals surface area contributed by atoms with Crippen molar-refractivity contribution >= 4 is 85.5 Å². The molecular weight excluding hydrogens is 1280 g/mol. The highest BCUT2D eigenvalue weighted by Gasteiger charge is 2.56. The van der Waals surface area contributed by atoms with Crippen LogP contribution in [0.4, 0.5) is 0 Å². The van der Waals surface area contributed by atoms with E-state index in [1.54, 1.807) is 0 Å². The first-order chi connectivity index (χ1) is 50.1. The number of fused-ring (bicyclic) bond motifs is 9. The smallest absolute Gasteiger partial charge is 0.609 e. The molecule has 0 atom stereocenters. The standard InChI is InChI=1S/C78H42B3O12.3C2H7N/c1-7-19-55-49(13-1)37-61-73-67(55)43-25-27-44(28-26-43)68-56-20-8-3-15-51(56)39-63-75(68)90-80(84-63)85-64-40-52-16-5-11-23-59(52)71(76(64)91-80)47-33-35-48(36-34-47)72-60-24-12-6-18-54(60)42-66-78(72)93-81(87-66)86-65-41-53-17-4-10-22-58(53)70(77(65)92-81)46-31-29-45(30-32-46)69-57-21-9-2-14-50(57)38-62-74(69)89-79(82-61,83-62)88-73;3*1-3-2/h1-42H;3*3H,1-2H3/q-3;;;/p+3. The molecule has 498 valence electrons. The molecule has 0 aliphatic carbocycles. The van der Waals surface area contributed by atoms with Crippen LogP contribution in [-0.2, 0) is 0 Å². The molecule has 0 fully saturated rings. The predicted molar refractivity (Wildman–Crippen MR) is 403 cm³/mol. The fourth-order valence-corrected chi connectivity index (χ4v) is 15.4. The molecule has 3 spiro atoms. The molecule has 25 rings (SSSR count). The average molecular weight is 1340 g/mol. The van der Waals surface area contributed by atoms with E-state index in [-0.39, 0.29) is 0 Å². The number of rotatable bonds is 0. The van der Waals surface area contributed by atoms with Crippen molar-refractivity contribution < 1.29 is 71.8 Å². The molecular formula is C84H66B3N3O12. The highest BCUT2D eigenvalue weighted by atomic mass is 16.9. The van der Waals surface area contributed by atoms with Gasteiger partial charge in [-0.25, -0.2) is 0 Å². The zero-order valence-corrected chi connectivity index (χ0v) is 56.6. The van der Waals surface area contributed by atoms with Gasteiger partial charge in [0.1, 0.15) is 69.0 Å². The van der Waals surface area contributed by atoms with Crippen molar-refractivity contribution in [3.8, 4) is 136 Å². The van der Waals surface area contributed by atoms with E-state index in [0.29, 0.717) is 69.0 Å². The molecule has 18 heteroatoms. The monoisotopic (exact) mass is 1340 g/mol. The molecule has 102 heavy (non-hydrogen) atoms. The molecule has 15 bridgehead atoms. The van der Waals surface area contributed by atoms with Gasteiger partial charge < -0.3 is 71.8 Å². The Morgan fingerprint density at radius 2 is 0.324 bits per heavy atom. The Bertz CT molecular complexity index is 5060. The van der Waals surface area contributed by atoms with Crippen LogP contribution in [0.3, 0.4) is 0 Å². The Hall–Kier alpha value is -12.5. The van der Waals surface area contributed by atoms with Crippen LogP contribution in [0.15, 0.2) is 255 Å². The van der Waals surface area contributed by atoms with Crippen LogP contribution >= 0.6 is 0 Å². The van der Waals surface area contributed by atoms with Crippen molar-refractivity contribution in [3.63, 3.8) is 0 Å². The molecule has 0 amide bonds. The summed E-state index contributed by atoms with van der Waals surface area (Å²) in [7, 11) is 12.0. The molecule has 10 heterocycles. The first-order valence-corrected chi connectivity index (χ1v) is 34.6. The van der Waals surface area contributed by atoms with Gasteiger partial charge in [-0.1, -0.05) is 218 Å². The lowest BCUT2D eigenvalue weighted by molar-refractivity contribution is -0.597. The maximum Gasteiger partial charge on any atom is 0.777 e. The summed E-state index contributed by atoms with van der Waals surface area (Å²) in [6.45, 7) is -8.78. The highest BCUT2D eigenvalue weighted by Crippen LogP contribution is 2.60. The van der Waals surface area contributed by atoms with Crippen molar-refractivity contribution in [2.45, 2.75) is 0 Å². The summed E-state index contributed by atoms with van der Waals surface area (Å²) < 4.78 is 83.6. The maximum atomic E-state index is 7.06. The third-order valence-electron chi connectivity index (χ3n) is 19.4. The van der Waals surface area contributed by atoms with Gasteiger partial charge in [-0.15, -0.1) is 0 Å². The number of quaternary nitrogens is 3. The Labute approximate surface area is 587 Å². The Morgan fingerprint density at radius 3 is 0.471 bits per heavy atom. The zero-order chi connectivity index (χ0) is 68.6. The fourth-order valence-electron chi connectivity index (χ4n) is 15.4. The van der Waals surface area contributed by atoms with Crippen LogP contribution in [0, 0.1) is 0 Å². The lowest BCUT2D eigenvalue weighted by atomic mass is 9.92. The first kappa shape index (κ1) is 60.7. The normalized spacial score (nSPS) is 17.7. The molecule has 10 aliphatic rings. The number of hydrogen-bond donors (Lipinski definition) is 3. The van der Waals surface area contributed by atoms with Crippen molar-refractivity contribution in [2.24, 2.45) is 0 Å². The summed E-state index contributed by atoms with van der Waals surface area (Å²) in [5, 5.41) is 17.5. The van der Waals surface area contributed by atoms with Crippen LogP contribution in [0.5, 0.6) is 69.0 Å². The van der Waals surface area contributed by atoms with Crippen LogP contribution in [0.25, 0.3) is 131 Å². The molecule has 0 saturated carbocycles. The average Bonchev–Trinajstić information content (AvgIpc) is 1.56. The van der Waals surface area contributed by atoms with E-state index < -0.39 is 20.9 Å². The van der Waals surface area contributed by atoms with Crippen LogP contribution in [-0.4, -0.2) is 63.2 Å². The predicted octanol–water partition coefficient (Wildman–Crippen LogP) is 15.4. The zero-order valence-electron chi connectivity index (χ0n) is 56.6. The summed E-state index contributed by atoms with van der Waals surface area (Å²) in [6.07, 6.45) is 0. The molecule has 0 aromatic heterocycles. The topological polar surface area (TPSA) is 161 Å². The fraction of sp³-hybridized carbons (Fsp3) is 0.0714. The van der Waals surface area contributed by atoms with E-state index in [4.69, 9.17) is 55.9 Å². The van der Waals surface area contributed by atoms with Gasteiger partial charge >= 0.3 is 20.9 Å². The van der Waals surface area contributed by atoms with E-state index in [0.717, 1.165) is 131 Å². The van der Waals surface area contributed by atoms with E-state index >= 15 is 0 Å². The third-order valence-corrected chi connectivity index (χ3v) is 19.4. The van der Waals surface area contributed by atoms with Crippen LogP contribution in [0.1, 0.15) is 0 Å². The molecule has 10 aliphatic heterocycles. The molecule has 6 N–H and O–H groups in total. The van der Waals surface area contributed by atoms with Gasteiger partial charge in [0.05, 0.1) is 42.3 Å². The summed E-state index contributed by atoms with van der Waals surface area (Å²) in [5.74, 6) is 5.95. The van der Waals surface area contributed by atoms with Crippen molar-refractivity contribution in [2.75, 3.05) is 42.3 Å². The largest absolute Gasteiger partial charge is 0.777 e. The lowest BCUT2D eigenvalue weighted by Gasteiger charge is -2.28. The number of benzene rings is 15.